The molecule has 0 saturated heterocycles. The Morgan fingerprint density at radius 3 is 2.78 bits per heavy atom. The fraction of sp³-hybridized carbons (Fsp3) is 0.583. The monoisotopic (exact) mass is 269 g/mol. The van der Waals surface area contributed by atoms with E-state index in [0.717, 1.165) is 12.8 Å². The van der Waals surface area contributed by atoms with Crippen LogP contribution in [0.1, 0.15) is 25.7 Å². The van der Waals surface area contributed by atoms with Crippen LogP contribution in [0.2, 0.25) is 0 Å². The van der Waals surface area contributed by atoms with E-state index in [1.54, 1.807) is 7.05 Å². The summed E-state index contributed by atoms with van der Waals surface area (Å²) in [6, 6.07) is 3.05. The van der Waals surface area contributed by atoms with Crippen molar-refractivity contribution in [1.29, 1.82) is 0 Å². The summed E-state index contributed by atoms with van der Waals surface area (Å²) in [5.74, 6) is 1.05. The average Bonchev–Trinajstić information content (AvgIpc) is 2.90. The predicted molar refractivity (Wildman–Crippen MR) is 70.9 cm³/mol. The van der Waals surface area contributed by atoms with Crippen LogP contribution in [0, 0.1) is 5.92 Å². The summed E-state index contributed by atoms with van der Waals surface area (Å²) in [6.45, 7) is 0.541. The van der Waals surface area contributed by atoms with Gasteiger partial charge in [0.25, 0.3) is 0 Å². The molecule has 1 heterocycles. The third-order valence-electron chi connectivity index (χ3n) is 3.33. The topological polar surface area (TPSA) is 71.1 Å². The van der Waals surface area contributed by atoms with Crippen LogP contribution in [0.5, 0.6) is 0 Å². The number of nitrogens with one attached hydrogen (secondary N) is 2. The normalized spacial score (nSPS) is 16.9. The highest BCUT2D eigenvalue weighted by molar-refractivity contribution is 7.89. The van der Waals surface area contributed by atoms with Gasteiger partial charge >= 0.3 is 0 Å². The molecule has 100 valence electrons. The molecule has 2 N–H and O–H groups in total. The Kier molecular flexibility index (Phi) is 4.19. The van der Waals surface area contributed by atoms with Crippen molar-refractivity contribution in [3.8, 4) is 0 Å². The lowest BCUT2D eigenvalue weighted by atomic mass is 10.1. The van der Waals surface area contributed by atoms with Crippen LogP contribution in [-0.2, 0) is 10.0 Å². The summed E-state index contributed by atoms with van der Waals surface area (Å²) >= 11 is 0. The molecule has 1 saturated carbocycles. The van der Waals surface area contributed by atoms with Crippen molar-refractivity contribution in [2.24, 2.45) is 5.92 Å². The maximum absolute atomic E-state index is 12.1. The van der Waals surface area contributed by atoms with Crippen molar-refractivity contribution in [2.75, 3.05) is 18.9 Å². The molecule has 1 aromatic heterocycles. The van der Waals surface area contributed by atoms with Crippen LogP contribution in [0.25, 0.3) is 0 Å². The number of rotatable bonds is 5. The zero-order chi connectivity index (χ0) is 13.0. The highest BCUT2D eigenvalue weighted by atomic mass is 32.2. The first kappa shape index (κ1) is 13.3. The molecule has 1 fully saturated rings. The number of sulfonamides is 1. The van der Waals surface area contributed by atoms with Gasteiger partial charge in [-0.3, -0.25) is 0 Å². The first-order chi connectivity index (χ1) is 8.62. The van der Waals surface area contributed by atoms with Crippen molar-refractivity contribution in [2.45, 2.75) is 30.6 Å². The smallest absolute Gasteiger partial charge is 0.240 e. The van der Waals surface area contributed by atoms with E-state index in [-0.39, 0.29) is 4.90 Å². The minimum atomic E-state index is -3.41. The third kappa shape index (κ3) is 3.20. The van der Waals surface area contributed by atoms with Gasteiger partial charge in [-0.2, -0.15) is 0 Å². The van der Waals surface area contributed by atoms with Gasteiger partial charge in [0.05, 0.1) is 4.90 Å². The number of nitrogens with zero attached hydrogens (tertiary/aromatic N) is 1. The Labute approximate surface area is 108 Å². The van der Waals surface area contributed by atoms with Gasteiger partial charge in [-0.25, -0.2) is 18.1 Å². The third-order valence-corrected chi connectivity index (χ3v) is 4.76. The summed E-state index contributed by atoms with van der Waals surface area (Å²) in [5, 5.41) is 2.83. The average molecular weight is 269 g/mol. The highest BCUT2D eigenvalue weighted by Gasteiger charge is 2.19. The molecule has 0 radical (unpaired) electrons. The number of hydrogen-bond donors (Lipinski definition) is 2. The second kappa shape index (κ2) is 5.67. The first-order valence-corrected chi connectivity index (χ1v) is 7.73. The molecule has 0 aromatic carbocycles. The summed E-state index contributed by atoms with van der Waals surface area (Å²) in [7, 11) is -1.70. The lowest BCUT2D eigenvalue weighted by Gasteiger charge is -2.11. The van der Waals surface area contributed by atoms with Gasteiger partial charge in [-0.1, -0.05) is 12.8 Å². The van der Waals surface area contributed by atoms with E-state index in [4.69, 9.17) is 0 Å². The van der Waals surface area contributed by atoms with Gasteiger partial charge in [0.1, 0.15) is 5.82 Å². The van der Waals surface area contributed by atoms with Crippen LogP contribution in [0.4, 0.5) is 5.82 Å². The fourth-order valence-corrected chi connectivity index (χ4v) is 3.37. The van der Waals surface area contributed by atoms with Crippen LogP contribution in [-0.4, -0.2) is 27.0 Å². The fourth-order valence-electron chi connectivity index (χ4n) is 2.24. The van der Waals surface area contributed by atoms with Crippen molar-refractivity contribution in [1.82, 2.24) is 9.71 Å². The van der Waals surface area contributed by atoms with E-state index in [2.05, 4.69) is 15.0 Å². The Bertz CT molecular complexity index is 496. The molecule has 2 rings (SSSR count). The van der Waals surface area contributed by atoms with Crippen LogP contribution < -0.4 is 10.0 Å². The van der Waals surface area contributed by atoms with Crippen LogP contribution in [0.15, 0.2) is 23.2 Å². The van der Waals surface area contributed by atoms with E-state index in [1.807, 2.05) is 0 Å². The number of pyridine rings is 1. The zero-order valence-electron chi connectivity index (χ0n) is 10.5. The van der Waals surface area contributed by atoms with E-state index in [1.165, 1.54) is 31.2 Å². The first-order valence-electron chi connectivity index (χ1n) is 6.25. The Morgan fingerprint density at radius 2 is 2.11 bits per heavy atom. The minimum Gasteiger partial charge on any atom is -0.373 e. The molecule has 1 aromatic rings. The molecular formula is C12H19N3O2S. The molecule has 0 atom stereocenters. The number of anilines is 1. The molecule has 1 aliphatic rings. The lowest BCUT2D eigenvalue weighted by Crippen LogP contribution is -2.28. The van der Waals surface area contributed by atoms with Gasteiger partial charge in [-0.05, 0) is 24.8 Å². The summed E-state index contributed by atoms with van der Waals surface area (Å²) in [4.78, 5) is 4.27. The van der Waals surface area contributed by atoms with Gasteiger partial charge in [-0.15, -0.1) is 0 Å². The maximum atomic E-state index is 12.1. The van der Waals surface area contributed by atoms with Gasteiger partial charge in [0, 0.05) is 25.9 Å². The van der Waals surface area contributed by atoms with E-state index in [9.17, 15) is 8.42 Å². The second-order valence-electron chi connectivity index (χ2n) is 4.63. The molecule has 18 heavy (non-hydrogen) atoms. The van der Waals surface area contributed by atoms with Crippen LogP contribution >= 0.6 is 0 Å². The predicted octanol–water partition coefficient (Wildman–Crippen LogP) is 1.59. The molecular weight excluding hydrogens is 250 g/mol. The molecule has 0 amide bonds. The summed E-state index contributed by atoms with van der Waals surface area (Å²) in [5.41, 5.74) is 0. The van der Waals surface area contributed by atoms with Gasteiger partial charge < -0.3 is 5.32 Å². The Balaban J connectivity index is 2.04. The van der Waals surface area contributed by atoms with E-state index in [0.29, 0.717) is 18.3 Å². The summed E-state index contributed by atoms with van der Waals surface area (Å²) in [6.07, 6.45) is 6.17. The van der Waals surface area contributed by atoms with Crippen LogP contribution in [0.3, 0.4) is 0 Å². The Morgan fingerprint density at radius 1 is 1.39 bits per heavy atom. The molecule has 0 aliphatic heterocycles. The van der Waals surface area contributed by atoms with Crippen molar-refractivity contribution < 1.29 is 8.42 Å². The SMILES string of the molecule is CNc1cc(S(=O)(=O)NCC2CCCC2)ccn1. The van der Waals surface area contributed by atoms with Gasteiger partial charge in [0.2, 0.25) is 10.0 Å². The standard InChI is InChI=1S/C12H19N3O2S/c1-13-12-8-11(6-7-14-12)18(16,17)15-9-10-4-2-3-5-10/h6-8,10,15H,2-5,9H2,1H3,(H,13,14). The van der Waals surface area contributed by atoms with Gasteiger partial charge in [0.15, 0.2) is 0 Å². The zero-order valence-corrected chi connectivity index (χ0v) is 11.3. The van der Waals surface area contributed by atoms with Crippen molar-refractivity contribution in [3.63, 3.8) is 0 Å². The molecule has 0 spiro atoms. The second-order valence-corrected chi connectivity index (χ2v) is 6.40. The van der Waals surface area contributed by atoms with Crippen molar-refractivity contribution >= 4 is 15.8 Å². The van der Waals surface area contributed by atoms with Crippen molar-refractivity contribution in [3.05, 3.63) is 18.3 Å². The highest BCUT2D eigenvalue weighted by Crippen LogP contribution is 2.24. The largest absolute Gasteiger partial charge is 0.373 e. The lowest BCUT2D eigenvalue weighted by molar-refractivity contribution is 0.519. The number of aromatic nitrogens is 1. The quantitative estimate of drug-likeness (QED) is 0.851. The van der Waals surface area contributed by atoms with E-state index < -0.39 is 10.0 Å². The molecule has 0 unspecified atom stereocenters. The minimum absolute atomic E-state index is 0.264. The molecule has 6 heteroatoms. The molecule has 5 nitrogen and oxygen atoms in total. The molecule has 1 aliphatic carbocycles. The van der Waals surface area contributed by atoms with E-state index >= 15 is 0 Å². The molecule has 0 bridgehead atoms. The maximum Gasteiger partial charge on any atom is 0.240 e. The number of hydrogen-bond acceptors (Lipinski definition) is 4. The Hall–Kier alpha value is -1.14. The summed E-state index contributed by atoms with van der Waals surface area (Å²) < 4.78 is 26.9.